The summed E-state index contributed by atoms with van der Waals surface area (Å²) in [6.07, 6.45) is 0. The highest BCUT2D eigenvalue weighted by atomic mass is 32.1. The molecule has 7 heteroatoms. The smallest absolute Gasteiger partial charge is 0.346 e. The summed E-state index contributed by atoms with van der Waals surface area (Å²) in [5.74, 6) is -1.45. The summed E-state index contributed by atoms with van der Waals surface area (Å²) in [6.45, 7) is 3.81. The molecule has 0 aliphatic carbocycles. The van der Waals surface area contributed by atoms with Gasteiger partial charge in [0.15, 0.2) is 0 Å². The molecule has 0 atom stereocenters. The van der Waals surface area contributed by atoms with Crippen LogP contribution in [0.15, 0.2) is 29.1 Å². The molecule has 0 bridgehead atoms. The fraction of sp³-hybridized carbons (Fsp3) is 0.188. The second-order valence-electron chi connectivity index (χ2n) is 5.04. The van der Waals surface area contributed by atoms with E-state index in [1.165, 1.54) is 16.8 Å². The van der Waals surface area contributed by atoms with Crippen molar-refractivity contribution in [3.05, 3.63) is 50.9 Å². The number of aromatic nitrogens is 2. The molecule has 0 spiro atoms. The minimum absolute atomic E-state index is 0.121. The maximum atomic E-state index is 13.2. The van der Waals surface area contributed by atoms with Crippen LogP contribution in [0.3, 0.4) is 0 Å². The number of carboxylic acids is 1. The quantitative estimate of drug-likeness (QED) is 0.799. The number of benzene rings is 1. The standard InChI is InChI=1S/C16H13FN2O3S/c1-3-19-15(20)14-11(8(2)13(23-14)16(21)22)12(18-19)9-4-6-10(17)7-5-9/h4-7H,3H2,1-2H3,(H,21,22). The Hall–Kier alpha value is -2.54. The van der Waals surface area contributed by atoms with Crippen molar-refractivity contribution < 1.29 is 14.3 Å². The van der Waals surface area contributed by atoms with Crippen LogP contribution in [0.4, 0.5) is 4.39 Å². The molecule has 3 rings (SSSR count). The van der Waals surface area contributed by atoms with Gasteiger partial charge in [0.25, 0.3) is 5.56 Å². The topological polar surface area (TPSA) is 72.2 Å². The lowest BCUT2D eigenvalue weighted by Crippen LogP contribution is -2.22. The van der Waals surface area contributed by atoms with Crippen LogP contribution in [0, 0.1) is 12.7 Å². The van der Waals surface area contributed by atoms with Gasteiger partial charge in [0, 0.05) is 17.5 Å². The predicted octanol–water partition coefficient (Wildman–Crippen LogP) is 3.29. The van der Waals surface area contributed by atoms with Gasteiger partial charge in [0.1, 0.15) is 21.1 Å². The van der Waals surface area contributed by atoms with Gasteiger partial charge < -0.3 is 5.11 Å². The van der Waals surface area contributed by atoms with Crippen LogP contribution in [-0.2, 0) is 6.54 Å². The molecule has 0 aliphatic heterocycles. The Kier molecular flexibility index (Phi) is 3.73. The lowest BCUT2D eigenvalue weighted by molar-refractivity contribution is 0.0701. The van der Waals surface area contributed by atoms with Crippen LogP contribution in [0.1, 0.15) is 22.2 Å². The number of halogens is 1. The maximum Gasteiger partial charge on any atom is 0.346 e. The number of hydrogen-bond donors (Lipinski definition) is 1. The van der Waals surface area contributed by atoms with Crippen LogP contribution >= 0.6 is 11.3 Å². The minimum atomic E-state index is -1.07. The van der Waals surface area contributed by atoms with Crippen LogP contribution in [0.25, 0.3) is 21.3 Å². The van der Waals surface area contributed by atoms with Gasteiger partial charge in [0.2, 0.25) is 0 Å². The lowest BCUT2D eigenvalue weighted by atomic mass is 10.1. The molecule has 5 nitrogen and oxygen atoms in total. The van der Waals surface area contributed by atoms with Gasteiger partial charge in [-0.25, -0.2) is 13.9 Å². The highest BCUT2D eigenvalue weighted by Gasteiger charge is 2.22. The molecule has 0 radical (unpaired) electrons. The largest absolute Gasteiger partial charge is 0.477 e. The summed E-state index contributed by atoms with van der Waals surface area (Å²) in [4.78, 5) is 23.9. The van der Waals surface area contributed by atoms with E-state index in [-0.39, 0.29) is 16.3 Å². The number of fused-ring (bicyclic) bond motifs is 1. The van der Waals surface area contributed by atoms with Crippen molar-refractivity contribution in [2.75, 3.05) is 0 Å². The monoisotopic (exact) mass is 332 g/mol. The molecule has 0 amide bonds. The average molecular weight is 332 g/mol. The summed E-state index contributed by atoms with van der Waals surface area (Å²) in [5.41, 5.74) is 1.32. The zero-order chi connectivity index (χ0) is 16.7. The molecule has 0 fully saturated rings. The van der Waals surface area contributed by atoms with E-state index in [0.717, 1.165) is 11.3 Å². The zero-order valence-electron chi connectivity index (χ0n) is 12.5. The van der Waals surface area contributed by atoms with Crippen LogP contribution < -0.4 is 5.56 Å². The second kappa shape index (κ2) is 5.58. The van der Waals surface area contributed by atoms with E-state index in [9.17, 15) is 19.1 Å². The number of aryl methyl sites for hydroxylation is 2. The Morgan fingerprint density at radius 1 is 1.35 bits per heavy atom. The highest BCUT2D eigenvalue weighted by molar-refractivity contribution is 7.21. The van der Waals surface area contributed by atoms with Crippen molar-refractivity contribution >= 4 is 27.4 Å². The summed E-state index contributed by atoms with van der Waals surface area (Å²) >= 11 is 0.953. The number of carbonyl (C=O) groups is 1. The Balaban J connectivity index is 2.45. The first-order valence-electron chi connectivity index (χ1n) is 6.97. The molecule has 0 unspecified atom stereocenters. The van der Waals surface area contributed by atoms with Crippen molar-refractivity contribution in [3.8, 4) is 11.3 Å². The molecule has 118 valence electrons. The molecule has 23 heavy (non-hydrogen) atoms. The minimum Gasteiger partial charge on any atom is -0.477 e. The van der Waals surface area contributed by atoms with Crippen LogP contribution in [0.5, 0.6) is 0 Å². The van der Waals surface area contributed by atoms with E-state index < -0.39 is 5.97 Å². The van der Waals surface area contributed by atoms with Gasteiger partial charge in [0.05, 0.1) is 0 Å². The summed E-state index contributed by atoms with van der Waals surface area (Å²) < 4.78 is 14.8. The molecule has 0 saturated heterocycles. The summed E-state index contributed by atoms with van der Waals surface area (Å²) in [5, 5.41) is 14.2. The van der Waals surface area contributed by atoms with Gasteiger partial charge in [-0.1, -0.05) is 0 Å². The summed E-state index contributed by atoms with van der Waals surface area (Å²) in [6, 6.07) is 5.76. The number of thiophene rings is 1. The molecule has 1 aromatic carbocycles. The first-order chi connectivity index (χ1) is 10.9. The molecule has 0 saturated carbocycles. The van der Waals surface area contributed by atoms with E-state index in [0.29, 0.717) is 33.5 Å². The third kappa shape index (κ3) is 2.43. The number of rotatable bonds is 3. The third-order valence-electron chi connectivity index (χ3n) is 3.64. The third-order valence-corrected chi connectivity index (χ3v) is 4.91. The van der Waals surface area contributed by atoms with Crippen LogP contribution in [0.2, 0.25) is 0 Å². The Bertz CT molecular complexity index is 974. The van der Waals surface area contributed by atoms with Gasteiger partial charge >= 0.3 is 5.97 Å². The van der Waals surface area contributed by atoms with E-state index in [1.807, 2.05) is 0 Å². The van der Waals surface area contributed by atoms with E-state index >= 15 is 0 Å². The first kappa shape index (κ1) is 15.4. The van der Waals surface area contributed by atoms with E-state index in [4.69, 9.17) is 0 Å². The van der Waals surface area contributed by atoms with Gasteiger partial charge in [-0.2, -0.15) is 5.10 Å². The lowest BCUT2D eigenvalue weighted by Gasteiger charge is -2.08. The van der Waals surface area contributed by atoms with Crippen molar-refractivity contribution in [3.63, 3.8) is 0 Å². The normalized spacial score (nSPS) is 11.1. The number of hydrogen-bond acceptors (Lipinski definition) is 4. The van der Waals surface area contributed by atoms with Crippen molar-refractivity contribution in [1.29, 1.82) is 0 Å². The first-order valence-corrected chi connectivity index (χ1v) is 7.79. The zero-order valence-corrected chi connectivity index (χ0v) is 13.3. The Morgan fingerprint density at radius 2 is 2.00 bits per heavy atom. The molecular formula is C16H13FN2O3S. The SMILES string of the molecule is CCn1nc(-c2ccc(F)cc2)c2c(C)c(C(=O)O)sc2c1=O. The van der Waals surface area contributed by atoms with E-state index in [1.54, 1.807) is 26.0 Å². The number of nitrogens with zero attached hydrogens (tertiary/aromatic N) is 2. The van der Waals surface area contributed by atoms with Gasteiger partial charge in [-0.3, -0.25) is 4.79 Å². The molecule has 1 N–H and O–H groups in total. The second-order valence-corrected chi connectivity index (χ2v) is 6.06. The fourth-order valence-corrected chi connectivity index (χ4v) is 3.60. The summed E-state index contributed by atoms with van der Waals surface area (Å²) in [7, 11) is 0. The molecule has 0 aliphatic rings. The predicted molar refractivity (Wildman–Crippen MR) is 86.6 cm³/mol. The highest BCUT2D eigenvalue weighted by Crippen LogP contribution is 2.34. The molecule has 3 aromatic rings. The fourth-order valence-electron chi connectivity index (χ4n) is 2.51. The van der Waals surface area contributed by atoms with Crippen molar-refractivity contribution in [2.24, 2.45) is 0 Å². The average Bonchev–Trinajstić information content (AvgIpc) is 2.88. The molecular weight excluding hydrogens is 319 g/mol. The van der Waals surface area contributed by atoms with Crippen molar-refractivity contribution in [1.82, 2.24) is 9.78 Å². The van der Waals surface area contributed by atoms with Crippen molar-refractivity contribution in [2.45, 2.75) is 20.4 Å². The van der Waals surface area contributed by atoms with Crippen LogP contribution in [-0.4, -0.2) is 20.9 Å². The Morgan fingerprint density at radius 3 is 2.57 bits per heavy atom. The Labute approximate surface area is 134 Å². The van der Waals surface area contributed by atoms with E-state index in [2.05, 4.69) is 5.10 Å². The van der Waals surface area contributed by atoms with Gasteiger partial charge in [-0.05, 0) is 43.7 Å². The maximum absolute atomic E-state index is 13.2. The number of aromatic carboxylic acids is 1. The van der Waals surface area contributed by atoms with Gasteiger partial charge in [-0.15, -0.1) is 11.3 Å². The molecule has 2 aromatic heterocycles. The number of carboxylic acid groups (broad SMARTS) is 1. The molecule has 2 heterocycles.